The second kappa shape index (κ2) is 11.7. The average Bonchev–Trinajstić information content (AvgIpc) is 2.88. The Kier molecular flexibility index (Phi) is 8.46. The van der Waals surface area contributed by atoms with Gasteiger partial charge in [-0.05, 0) is 54.1 Å². The lowest BCUT2D eigenvalue weighted by molar-refractivity contribution is -0.115. The number of carbonyl (C=O) groups excluding carboxylic acids is 1. The van der Waals surface area contributed by atoms with Crippen LogP contribution in [0.25, 0.3) is 0 Å². The summed E-state index contributed by atoms with van der Waals surface area (Å²) in [6.45, 7) is 0.180. The van der Waals surface area contributed by atoms with E-state index >= 15 is 0 Å². The number of hydrogen-bond donors (Lipinski definition) is 1. The monoisotopic (exact) mass is 547 g/mol. The van der Waals surface area contributed by atoms with Crippen molar-refractivity contribution in [2.24, 2.45) is 0 Å². The third-order valence-electron chi connectivity index (χ3n) is 5.16. The summed E-state index contributed by atoms with van der Waals surface area (Å²) in [4.78, 5) is 13.8. The number of hydrogen-bond acceptors (Lipinski definition) is 3. The van der Waals surface area contributed by atoms with Gasteiger partial charge in [0, 0.05) is 20.5 Å². The normalized spacial score (nSPS) is 11.7. The molecule has 4 aromatic carbocycles. The van der Waals surface area contributed by atoms with Gasteiger partial charge in [0.15, 0.2) is 17.5 Å². The molecule has 0 saturated carbocycles. The molecule has 0 aliphatic heterocycles. The molecule has 0 aliphatic rings. The molecule has 0 fully saturated rings. The molecule has 36 heavy (non-hydrogen) atoms. The lowest BCUT2D eigenvalue weighted by atomic mass is 10.1. The van der Waals surface area contributed by atoms with Crippen molar-refractivity contribution in [2.75, 3.05) is 5.32 Å². The number of ether oxygens (including phenoxy) is 1. The molecule has 9 heteroatoms. The Morgan fingerprint density at radius 2 is 1.50 bits per heavy atom. The van der Waals surface area contributed by atoms with Crippen LogP contribution < -0.4 is 10.1 Å². The molecule has 4 aromatic rings. The fraction of sp³-hybridized carbons (Fsp3) is 0.0741. The molecule has 0 aliphatic carbocycles. The van der Waals surface area contributed by atoms with Crippen LogP contribution in [0, 0.1) is 17.5 Å². The van der Waals surface area contributed by atoms with E-state index in [2.05, 4.69) is 5.32 Å². The molecule has 0 spiro atoms. The lowest BCUT2D eigenvalue weighted by Gasteiger charge is -2.18. The van der Waals surface area contributed by atoms with E-state index in [1.165, 1.54) is 11.8 Å². The fourth-order valence-corrected chi connectivity index (χ4v) is 4.83. The first-order valence-electron chi connectivity index (χ1n) is 10.6. The molecule has 0 bridgehead atoms. The molecule has 184 valence electrons. The number of amides is 1. The Balaban J connectivity index is 1.50. The summed E-state index contributed by atoms with van der Waals surface area (Å²) in [5.41, 5.74) is 0.878. The zero-order valence-electron chi connectivity index (χ0n) is 18.5. The first-order chi connectivity index (χ1) is 17.3. The molecule has 0 heterocycles. The van der Waals surface area contributed by atoms with Crippen molar-refractivity contribution in [3.8, 4) is 5.75 Å². The zero-order valence-corrected chi connectivity index (χ0v) is 20.8. The molecule has 0 saturated heterocycles. The minimum atomic E-state index is -1.65. The van der Waals surface area contributed by atoms with Gasteiger partial charge in [0.25, 0.3) is 0 Å². The smallest absolute Gasteiger partial charge is 0.242 e. The largest absolute Gasteiger partial charge is 0.489 e. The van der Waals surface area contributed by atoms with E-state index in [4.69, 9.17) is 27.9 Å². The molecule has 0 radical (unpaired) electrons. The molecule has 1 atom stereocenters. The van der Waals surface area contributed by atoms with E-state index in [-0.39, 0.29) is 6.61 Å². The number of anilines is 1. The number of benzene rings is 4. The highest BCUT2D eigenvalue weighted by atomic mass is 35.5. The van der Waals surface area contributed by atoms with Crippen molar-refractivity contribution in [2.45, 2.75) is 16.8 Å². The summed E-state index contributed by atoms with van der Waals surface area (Å²) in [7, 11) is 0. The SMILES string of the molecule is O=C(Nc1ccc(F)c(F)c1F)C(Sc1ccc(OCc2c(Cl)cccc2Cl)cc1)c1ccccc1. The molecule has 3 nitrogen and oxygen atoms in total. The standard InChI is InChI=1S/C27H18Cl2F3NO2S/c28-20-7-4-8-21(29)19(20)15-35-17-9-11-18(12-10-17)36-26(16-5-2-1-3-6-16)27(34)33-23-14-13-22(30)24(31)25(23)32/h1-14,26H,15H2,(H,33,34). The molecule has 1 unspecified atom stereocenters. The first kappa shape index (κ1) is 25.9. The lowest BCUT2D eigenvalue weighted by Crippen LogP contribution is -2.20. The maximum absolute atomic E-state index is 14.1. The van der Waals surface area contributed by atoms with E-state index in [9.17, 15) is 18.0 Å². The predicted octanol–water partition coefficient (Wildman–Crippen LogP) is 8.46. The van der Waals surface area contributed by atoms with Gasteiger partial charge in [-0.25, -0.2) is 13.2 Å². The van der Waals surface area contributed by atoms with Gasteiger partial charge in [-0.1, -0.05) is 59.6 Å². The molecular formula is C27H18Cl2F3NO2S. The quantitative estimate of drug-likeness (QED) is 0.177. The number of thioether (sulfide) groups is 1. The number of halogens is 5. The molecular weight excluding hydrogens is 530 g/mol. The van der Waals surface area contributed by atoms with Crippen LogP contribution in [0.3, 0.4) is 0 Å². The highest BCUT2D eigenvalue weighted by Crippen LogP contribution is 2.37. The fourth-order valence-electron chi connectivity index (χ4n) is 3.30. The van der Waals surface area contributed by atoms with Crippen molar-refractivity contribution in [1.82, 2.24) is 0 Å². The van der Waals surface area contributed by atoms with Crippen LogP contribution in [0.1, 0.15) is 16.4 Å². The van der Waals surface area contributed by atoms with Crippen LogP contribution in [-0.4, -0.2) is 5.91 Å². The van der Waals surface area contributed by atoms with Crippen LogP contribution in [-0.2, 0) is 11.4 Å². The van der Waals surface area contributed by atoms with Crippen molar-refractivity contribution in [1.29, 1.82) is 0 Å². The summed E-state index contributed by atoms with van der Waals surface area (Å²) in [5.74, 6) is -4.46. The van der Waals surface area contributed by atoms with Gasteiger partial charge in [-0.2, -0.15) is 0 Å². The summed E-state index contributed by atoms with van der Waals surface area (Å²) in [5, 5.41) is 2.57. The van der Waals surface area contributed by atoms with Gasteiger partial charge >= 0.3 is 0 Å². The molecule has 0 aromatic heterocycles. The topological polar surface area (TPSA) is 38.3 Å². The van der Waals surface area contributed by atoms with E-state index < -0.39 is 34.3 Å². The number of nitrogens with one attached hydrogen (secondary N) is 1. The van der Waals surface area contributed by atoms with Gasteiger partial charge in [-0.3, -0.25) is 4.79 Å². The van der Waals surface area contributed by atoms with E-state index in [1.807, 2.05) is 0 Å². The van der Waals surface area contributed by atoms with Crippen LogP contribution >= 0.6 is 35.0 Å². The van der Waals surface area contributed by atoms with Gasteiger partial charge in [0.1, 0.15) is 17.6 Å². The summed E-state index contributed by atoms with van der Waals surface area (Å²) >= 11 is 13.6. The van der Waals surface area contributed by atoms with E-state index in [1.54, 1.807) is 72.8 Å². The van der Waals surface area contributed by atoms with Crippen molar-refractivity contribution < 1.29 is 22.7 Å². The maximum Gasteiger partial charge on any atom is 0.242 e. The zero-order chi connectivity index (χ0) is 25.7. The van der Waals surface area contributed by atoms with Gasteiger partial charge in [-0.15, -0.1) is 11.8 Å². The van der Waals surface area contributed by atoms with Crippen LogP contribution in [0.5, 0.6) is 5.75 Å². The highest BCUT2D eigenvalue weighted by Gasteiger charge is 2.24. The van der Waals surface area contributed by atoms with Crippen molar-refractivity contribution in [3.63, 3.8) is 0 Å². The Morgan fingerprint density at radius 3 is 2.17 bits per heavy atom. The highest BCUT2D eigenvalue weighted by molar-refractivity contribution is 8.00. The molecule has 4 rings (SSSR count). The van der Waals surface area contributed by atoms with Gasteiger partial charge in [0.2, 0.25) is 5.91 Å². The van der Waals surface area contributed by atoms with E-state index in [0.29, 0.717) is 26.9 Å². The Bertz CT molecular complexity index is 1350. The van der Waals surface area contributed by atoms with E-state index in [0.717, 1.165) is 17.0 Å². The minimum Gasteiger partial charge on any atom is -0.489 e. The average molecular weight is 548 g/mol. The Morgan fingerprint density at radius 1 is 0.833 bits per heavy atom. The Hall–Kier alpha value is -3.13. The van der Waals surface area contributed by atoms with Crippen LogP contribution in [0.15, 0.2) is 89.8 Å². The second-order valence-corrected chi connectivity index (χ2v) is 9.57. The number of rotatable bonds is 8. The number of carbonyl (C=O) groups is 1. The summed E-state index contributed by atoms with van der Waals surface area (Å²) in [6, 6.07) is 22.8. The van der Waals surface area contributed by atoms with Crippen molar-refractivity contribution in [3.05, 3.63) is 124 Å². The van der Waals surface area contributed by atoms with Crippen molar-refractivity contribution >= 4 is 46.6 Å². The summed E-state index contributed by atoms with van der Waals surface area (Å²) in [6.07, 6.45) is 0. The van der Waals surface area contributed by atoms with Crippen LogP contribution in [0.4, 0.5) is 18.9 Å². The molecule has 1 N–H and O–H groups in total. The second-order valence-electron chi connectivity index (χ2n) is 7.58. The maximum atomic E-state index is 14.1. The first-order valence-corrected chi connectivity index (χ1v) is 12.3. The molecule has 1 amide bonds. The third-order valence-corrected chi connectivity index (χ3v) is 7.13. The Labute approximate surface area is 220 Å². The third kappa shape index (κ3) is 6.16. The van der Waals surface area contributed by atoms with Crippen LogP contribution in [0.2, 0.25) is 10.0 Å². The summed E-state index contributed by atoms with van der Waals surface area (Å²) < 4.78 is 46.8. The van der Waals surface area contributed by atoms with Gasteiger partial charge < -0.3 is 10.1 Å². The minimum absolute atomic E-state index is 0.180. The van der Waals surface area contributed by atoms with Gasteiger partial charge in [0.05, 0.1) is 5.69 Å². The predicted molar refractivity (Wildman–Crippen MR) is 137 cm³/mol.